The second-order valence-corrected chi connectivity index (χ2v) is 6.32. The molecular formula is C20H25Cl2N3. The van der Waals surface area contributed by atoms with Crippen LogP contribution in [0.2, 0.25) is 0 Å². The van der Waals surface area contributed by atoms with Crippen LogP contribution in [0.25, 0.3) is 10.9 Å². The molecular weight excluding hydrogens is 353 g/mol. The SMILES string of the molecule is Cl.Cl.Nc1ccccc1NCCc1c2n(c3ccccc13)CCCC2. The first-order valence-electron chi connectivity index (χ1n) is 8.52. The van der Waals surface area contributed by atoms with Crippen LogP contribution in [0.1, 0.15) is 24.1 Å². The Labute approximate surface area is 161 Å². The van der Waals surface area contributed by atoms with E-state index < -0.39 is 0 Å². The number of aromatic nitrogens is 1. The summed E-state index contributed by atoms with van der Waals surface area (Å²) in [6.45, 7) is 2.07. The van der Waals surface area contributed by atoms with Crippen molar-refractivity contribution in [2.75, 3.05) is 17.6 Å². The molecule has 4 rings (SSSR count). The van der Waals surface area contributed by atoms with Gasteiger partial charge in [-0.2, -0.15) is 0 Å². The highest BCUT2D eigenvalue weighted by Gasteiger charge is 2.18. The molecule has 0 fully saturated rings. The highest BCUT2D eigenvalue weighted by atomic mass is 35.5. The van der Waals surface area contributed by atoms with E-state index in [2.05, 4.69) is 34.1 Å². The van der Waals surface area contributed by atoms with E-state index in [9.17, 15) is 0 Å². The van der Waals surface area contributed by atoms with Crippen LogP contribution in [0, 0.1) is 0 Å². The van der Waals surface area contributed by atoms with E-state index >= 15 is 0 Å². The van der Waals surface area contributed by atoms with Gasteiger partial charge in [0.05, 0.1) is 11.4 Å². The number of rotatable bonds is 4. The molecule has 0 spiro atoms. The first kappa shape index (κ1) is 19.5. The van der Waals surface area contributed by atoms with E-state index in [0.717, 1.165) is 30.9 Å². The number of nitrogens with two attached hydrogens (primary N) is 1. The molecule has 0 saturated heterocycles. The fraction of sp³-hybridized carbons (Fsp3) is 0.300. The summed E-state index contributed by atoms with van der Waals surface area (Å²) in [6, 6.07) is 16.8. The Morgan fingerprint density at radius 3 is 2.56 bits per heavy atom. The van der Waals surface area contributed by atoms with E-state index in [1.807, 2.05) is 24.3 Å². The fourth-order valence-electron chi connectivity index (χ4n) is 3.79. The number of aryl methyl sites for hydroxylation is 1. The second-order valence-electron chi connectivity index (χ2n) is 6.32. The van der Waals surface area contributed by atoms with Gasteiger partial charge in [0.1, 0.15) is 0 Å². The zero-order valence-corrected chi connectivity index (χ0v) is 15.8. The maximum atomic E-state index is 6.01. The molecule has 0 aliphatic carbocycles. The van der Waals surface area contributed by atoms with Crippen molar-refractivity contribution in [3.05, 3.63) is 59.8 Å². The number of fused-ring (bicyclic) bond motifs is 3. The van der Waals surface area contributed by atoms with Crippen molar-refractivity contribution in [3.8, 4) is 0 Å². The summed E-state index contributed by atoms with van der Waals surface area (Å²) in [5, 5.41) is 4.91. The van der Waals surface area contributed by atoms with Crippen LogP contribution in [-0.2, 0) is 19.4 Å². The third-order valence-corrected chi connectivity index (χ3v) is 4.89. The standard InChI is InChI=1S/C20H23N3.2ClH/c21-17-8-2-3-9-18(17)22-13-12-16-15-7-1-4-10-19(15)23-14-6-5-11-20(16)23;;/h1-4,7-10,22H,5-6,11-14,21H2;2*1H. The molecule has 0 bridgehead atoms. The molecule has 25 heavy (non-hydrogen) atoms. The summed E-state index contributed by atoms with van der Waals surface area (Å²) in [5.74, 6) is 0. The largest absolute Gasteiger partial charge is 0.397 e. The maximum absolute atomic E-state index is 6.01. The average Bonchev–Trinajstić information content (AvgIpc) is 2.91. The molecule has 0 saturated carbocycles. The first-order valence-corrected chi connectivity index (χ1v) is 8.52. The molecule has 3 N–H and O–H groups in total. The molecule has 0 amide bonds. The normalized spacial score (nSPS) is 12.8. The van der Waals surface area contributed by atoms with Gasteiger partial charge in [-0.1, -0.05) is 30.3 Å². The molecule has 3 nitrogen and oxygen atoms in total. The summed E-state index contributed by atoms with van der Waals surface area (Å²) < 4.78 is 2.53. The van der Waals surface area contributed by atoms with Crippen LogP contribution in [0.15, 0.2) is 48.5 Å². The van der Waals surface area contributed by atoms with Gasteiger partial charge in [-0.15, -0.1) is 24.8 Å². The van der Waals surface area contributed by atoms with E-state index in [1.165, 1.54) is 35.7 Å². The lowest BCUT2D eigenvalue weighted by atomic mass is 10.0. The zero-order valence-electron chi connectivity index (χ0n) is 14.2. The second kappa shape index (κ2) is 8.50. The van der Waals surface area contributed by atoms with Crippen LogP contribution in [0.3, 0.4) is 0 Å². The molecule has 5 heteroatoms. The van der Waals surface area contributed by atoms with Crippen LogP contribution in [0.5, 0.6) is 0 Å². The molecule has 1 aromatic heterocycles. The Morgan fingerprint density at radius 1 is 0.960 bits per heavy atom. The Morgan fingerprint density at radius 2 is 1.72 bits per heavy atom. The third-order valence-electron chi connectivity index (χ3n) is 4.89. The van der Waals surface area contributed by atoms with E-state index in [4.69, 9.17) is 5.73 Å². The Hall–Kier alpha value is -1.84. The van der Waals surface area contributed by atoms with Crippen molar-refractivity contribution in [1.29, 1.82) is 0 Å². The van der Waals surface area contributed by atoms with Crippen LogP contribution >= 0.6 is 24.8 Å². The number of anilines is 2. The van der Waals surface area contributed by atoms with Gasteiger partial charge in [0.2, 0.25) is 0 Å². The maximum Gasteiger partial charge on any atom is 0.0574 e. The summed E-state index contributed by atoms with van der Waals surface area (Å²) in [6.07, 6.45) is 4.85. The molecule has 0 unspecified atom stereocenters. The van der Waals surface area contributed by atoms with Crippen molar-refractivity contribution in [3.63, 3.8) is 0 Å². The minimum Gasteiger partial charge on any atom is -0.397 e. The Bertz CT molecular complexity index is 842. The number of para-hydroxylation sites is 3. The van der Waals surface area contributed by atoms with E-state index in [0.29, 0.717) is 0 Å². The molecule has 2 aromatic carbocycles. The number of hydrogen-bond acceptors (Lipinski definition) is 2. The molecule has 0 radical (unpaired) electrons. The monoisotopic (exact) mass is 377 g/mol. The van der Waals surface area contributed by atoms with Gasteiger partial charge in [0, 0.05) is 29.7 Å². The Kier molecular flexibility index (Phi) is 6.63. The predicted octanol–water partition coefficient (Wildman–Crippen LogP) is 5.06. The lowest BCUT2D eigenvalue weighted by molar-refractivity contribution is 0.541. The third kappa shape index (κ3) is 3.73. The van der Waals surface area contributed by atoms with Crippen molar-refractivity contribution in [2.24, 2.45) is 0 Å². The van der Waals surface area contributed by atoms with Gasteiger partial charge < -0.3 is 15.6 Å². The molecule has 2 heterocycles. The number of benzene rings is 2. The minimum atomic E-state index is 0. The highest BCUT2D eigenvalue weighted by Crippen LogP contribution is 2.31. The Balaban J connectivity index is 0.00000113. The smallest absolute Gasteiger partial charge is 0.0574 e. The van der Waals surface area contributed by atoms with Crippen LogP contribution < -0.4 is 11.1 Å². The van der Waals surface area contributed by atoms with Crippen LogP contribution in [-0.4, -0.2) is 11.1 Å². The average molecular weight is 378 g/mol. The summed E-state index contributed by atoms with van der Waals surface area (Å²) in [4.78, 5) is 0. The van der Waals surface area contributed by atoms with Gasteiger partial charge in [-0.05, 0) is 49.4 Å². The van der Waals surface area contributed by atoms with Gasteiger partial charge in [0.15, 0.2) is 0 Å². The zero-order chi connectivity index (χ0) is 15.6. The molecule has 1 aliphatic heterocycles. The van der Waals surface area contributed by atoms with Crippen molar-refractivity contribution < 1.29 is 0 Å². The number of nitrogens with zero attached hydrogens (tertiary/aromatic N) is 1. The number of halogens is 2. The topological polar surface area (TPSA) is 43.0 Å². The molecule has 134 valence electrons. The number of hydrogen-bond donors (Lipinski definition) is 2. The van der Waals surface area contributed by atoms with E-state index in [1.54, 1.807) is 5.69 Å². The van der Waals surface area contributed by atoms with Crippen molar-refractivity contribution in [2.45, 2.75) is 32.2 Å². The molecule has 3 aromatic rings. The minimum absolute atomic E-state index is 0. The number of nitrogens with one attached hydrogen (secondary N) is 1. The van der Waals surface area contributed by atoms with Crippen molar-refractivity contribution >= 4 is 47.1 Å². The summed E-state index contributed by atoms with van der Waals surface area (Å²) in [5.41, 5.74) is 12.3. The van der Waals surface area contributed by atoms with Gasteiger partial charge >= 0.3 is 0 Å². The summed E-state index contributed by atoms with van der Waals surface area (Å²) >= 11 is 0. The first-order chi connectivity index (χ1) is 11.3. The quantitative estimate of drug-likeness (QED) is 0.624. The highest BCUT2D eigenvalue weighted by molar-refractivity contribution is 5.86. The lowest BCUT2D eigenvalue weighted by Crippen LogP contribution is -2.12. The summed E-state index contributed by atoms with van der Waals surface area (Å²) in [7, 11) is 0. The molecule has 1 aliphatic rings. The van der Waals surface area contributed by atoms with Crippen molar-refractivity contribution in [1.82, 2.24) is 4.57 Å². The van der Waals surface area contributed by atoms with E-state index in [-0.39, 0.29) is 24.8 Å². The van der Waals surface area contributed by atoms with Crippen LogP contribution in [0.4, 0.5) is 11.4 Å². The van der Waals surface area contributed by atoms with Gasteiger partial charge in [0.25, 0.3) is 0 Å². The van der Waals surface area contributed by atoms with Gasteiger partial charge in [-0.3, -0.25) is 0 Å². The predicted molar refractivity (Wildman–Crippen MR) is 112 cm³/mol. The molecule has 0 atom stereocenters. The number of nitrogen functional groups attached to an aromatic ring is 1. The fourth-order valence-corrected chi connectivity index (χ4v) is 3.79. The van der Waals surface area contributed by atoms with Gasteiger partial charge in [-0.25, -0.2) is 0 Å². The lowest BCUT2D eigenvalue weighted by Gasteiger charge is -2.17.